The molecule has 11 aliphatic rings. The number of carbonyl (C=O) groups is 2. The number of hydrogen-bond acceptors (Lipinski definition) is 30. The molecule has 0 spiro atoms. The number of hydrogen-bond donors (Lipinski definition) is 9. The Morgan fingerprint density at radius 2 is 0.674 bits per heavy atom. The predicted molar refractivity (Wildman–Crippen MR) is 558 cm³/mol. The van der Waals surface area contributed by atoms with E-state index < -0.39 is 0 Å². The Balaban J connectivity index is 0.000000108. The summed E-state index contributed by atoms with van der Waals surface area (Å²) in [5, 5.41) is 41.6. The van der Waals surface area contributed by atoms with E-state index in [0.29, 0.717) is 41.0 Å². The summed E-state index contributed by atoms with van der Waals surface area (Å²) in [5.41, 5.74) is 26.3. The molecule has 135 heavy (non-hydrogen) atoms. The van der Waals surface area contributed by atoms with Crippen LogP contribution >= 0.6 is 68.0 Å². The summed E-state index contributed by atoms with van der Waals surface area (Å²) in [6.45, 7) is 24.1. The second kappa shape index (κ2) is 42.5. The third-order valence-electron chi connectivity index (χ3n) is 31.2. The summed E-state index contributed by atoms with van der Waals surface area (Å²) in [6.07, 6.45) is 48.2. The Hall–Kier alpha value is -8.18. The van der Waals surface area contributed by atoms with Gasteiger partial charge in [0, 0.05) is 104 Å². The van der Waals surface area contributed by atoms with E-state index in [9.17, 15) is 19.8 Å². The van der Waals surface area contributed by atoms with Crippen molar-refractivity contribution in [2.45, 2.75) is 336 Å². The van der Waals surface area contributed by atoms with Crippen molar-refractivity contribution in [1.29, 1.82) is 0 Å². The van der Waals surface area contributed by atoms with Gasteiger partial charge in [0.25, 0.3) is 0 Å². The van der Waals surface area contributed by atoms with E-state index >= 15 is 0 Å². The van der Waals surface area contributed by atoms with Gasteiger partial charge < -0.3 is 63.4 Å². The summed E-state index contributed by atoms with van der Waals surface area (Å²) >= 11 is 11.0. The second-order valence-corrected chi connectivity index (χ2v) is 49.5. The van der Waals surface area contributed by atoms with Crippen LogP contribution in [0.3, 0.4) is 0 Å². The number of nitrogens with zero attached hydrogens (tertiary/aromatic N) is 15. The van der Waals surface area contributed by atoms with Gasteiger partial charge in [-0.15, -0.1) is 68.0 Å². The maximum atomic E-state index is 11.4. The number of amides is 2. The van der Waals surface area contributed by atoms with Crippen molar-refractivity contribution in [2.75, 3.05) is 71.3 Å². The highest BCUT2D eigenvalue weighted by Gasteiger charge is 2.38. The molecule has 4 saturated carbocycles. The molecule has 14 heterocycles. The van der Waals surface area contributed by atoms with Crippen molar-refractivity contribution in [1.82, 2.24) is 64.7 Å². The molecule has 2 saturated heterocycles. The Morgan fingerprint density at radius 1 is 0.378 bits per heavy atom. The summed E-state index contributed by atoms with van der Waals surface area (Å²) in [6, 6.07) is 3.02. The number of nitrogens with one attached hydrogen (secondary N) is 4. The van der Waals surface area contributed by atoms with Crippen LogP contribution in [0.15, 0.2) is 38.0 Å². The van der Waals surface area contributed by atoms with Gasteiger partial charge in [-0.25, -0.2) is 59.8 Å². The van der Waals surface area contributed by atoms with E-state index in [1.54, 1.807) is 49.3 Å². The second-order valence-electron chi connectivity index (χ2n) is 42.9. The van der Waals surface area contributed by atoms with Crippen molar-refractivity contribution in [2.24, 2.45) is 57.6 Å². The number of piperidine rings is 2. The molecule has 0 unspecified atom stereocenters. The lowest BCUT2D eigenvalue weighted by molar-refractivity contribution is -0.123. The van der Waals surface area contributed by atoms with Gasteiger partial charge in [-0.3, -0.25) is 9.59 Å². The Morgan fingerprint density at radius 3 is 1.04 bits per heavy atom. The first-order chi connectivity index (χ1) is 65.1. The molecule has 2 amide bonds. The Bertz CT molecular complexity index is 6010. The molecule has 0 aromatic carbocycles. The number of aliphatic hydroxyl groups excluding tert-OH is 2. The van der Waals surface area contributed by atoms with Crippen molar-refractivity contribution >= 4 is 176 Å². The van der Waals surface area contributed by atoms with Crippen LogP contribution in [-0.4, -0.2) is 175 Å². The molecule has 0 bridgehead atoms. The maximum Gasteiger partial charge on any atom is 0.220 e. The SMILES string of the molecule is CC1(C)CCc2sc3ncnc(N4CCC(C(N)=O)CC4)c3c2C1.CC1(C)CCc2sc3ncnc(NC4CCC(O)CC4)c3c2C1.C[C@@H]1CCc2sc3ncnc(N4CCC(C(N)=O)CC4)c3c2C1.C[C@@H]1CCc2sc3ncnc(NC4CCC(N)CC4)c3c2C1.C[C@@H]1CCc2sc3ncnc(NC4CCC(O)CC4)c3c2C1.Cc1sc2ncnc(NC3CCC(N(C)C)CC3)c2c1C. The number of aryl methyl sites for hydroxylation is 7. The number of aromatic nitrogens is 12. The Kier molecular flexibility index (Phi) is 30.5. The number of aliphatic hydroxyl groups is 2. The molecule has 26 nitrogen and oxygen atoms in total. The minimum atomic E-state index is -0.169. The van der Waals surface area contributed by atoms with Crippen LogP contribution in [-0.2, 0) is 73.8 Å². The smallest absolute Gasteiger partial charge is 0.220 e. The van der Waals surface area contributed by atoms with Gasteiger partial charge in [0.1, 0.15) is 102 Å². The quantitative estimate of drug-likeness (QED) is 0.0518. The normalized spacial score (nSPS) is 25.0. The zero-order chi connectivity index (χ0) is 94.1. The number of nitrogens with two attached hydrogens (primary N) is 3. The van der Waals surface area contributed by atoms with Gasteiger partial charge in [-0.2, -0.15) is 0 Å². The highest BCUT2D eigenvalue weighted by molar-refractivity contribution is 7.20. The lowest BCUT2D eigenvalue weighted by Crippen LogP contribution is -2.39. The summed E-state index contributed by atoms with van der Waals surface area (Å²) in [7, 11) is 4.37. The highest BCUT2D eigenvalue weighted by atomic mass is 32.1. The van der Waals surface area contributed by atoms with Gasteiger partial charge in [0.15, 0.2) is 0 Å². The number of anilines is 6. The monoisotopic (exact) mass is 1940 g/mol. The minimum absolute atomic E-state index is 0.00824. The maximum absolute atomic E-state index is 11.4. The predicted octanol–water partition coefficient (Wildman–Crippen LogP) is 20.0. The molecule has 12 aromatic rings. The standard InChI is InChI=1S/C18H24N4OS.C18H25N3OS.C17H22N4OS.C17H24N4S.C17H23N3OS.C16H24N4S/c1-18(2)6-3-13-12(9-18)14-16(20-10-21-17(14)24-13)22-7-4-11(5-8-22)15(19)23;1-18(2)8-7-14-13(9-18)15-16(19-10-20-17(15)23-14)21-11-3-5-12(22)6-4-11;1-10-2-3-13-12(8-10)14-16(19-9-20-17(14)23-13)21-6-4-11(5-7-21)15(18)22;1-10-2-7-14-13(8-10)15-16(19-9-20-17(15)22-14)21-12-5-3-11(18)4-6-12;1-10-2-7-14-13(8-10)15-16(18-9-19-17(15)22-14)20-11-3-5-12(21)6-4-11;1-10-11(2)21-16-14(10)15(17-9-18-16)19-12-5-7-13(8-6-12)20(3)4/h10-11H,3-9H2,1-2H3,(H2,19,23);10-12,22H,3-9H2,1-2H3,(H,19,20,21);9-11H,2-8H2,1H3,(H2,18,22);9-12H,2-8,18H2,1H3,(H,19,20,21);9-12,21H,2-8H2,1H3,(H,18,19,20);9,12-13H,5-8H2,1-4H3,(H,17,18,19)/t;;10-;2*10-,11?,12?;/m..111./s1. The average molecular weight is 1940 g/mol. The Labute approximate surface area is 819 Å². The van der Waals surface area contributed by atoms with Gasteiger partial charge >= 0.3 is 0 Å². The molecule has 32 heteroatoms. The van der Waals surface area contributed by atoms with Gasteiger partial charge in [-0.05, 0) is 315 Å². The largest absolute Gasteiger partial charge is 0.393 e. The summed E-state index contributed by atoms with van der Waals surface area (Å²) < 4.78 is 0. The van der Waals surface area contributed by atoms with Gasteiger partial charge in [-0.1, -0.05) is 48.5 Å². The molecular weight excluding hydrogens is 1800 g/mol. The number of fused-ring (bicyclic) bond motifs is 16. The third-order valence-corrected chi connectivity index (χ3v) is 38.4. The molecule has 0 radical (unpaired) electrons. The topological polar surface area (TPSA) is 365 Å². The minimum Gasteiger partial charge on any atom is -0.393 e. The lowest BCUT2D eigenvalue weighted by Gasteiger charge is -2.33. The molecule has 2 aliphatic heterocycles. The van der Waals surface area contributed by atoms with E-state index in [-0.39, 0.29) is 35.9 Å². The fourth-order valence-corrected chi connectivity index (χ4v) is 29.6. The van der Waals surface area contributed by atoms with Gasteiger partial charge in [0.05, 0.1) is 44.5 Å². The van der Waals surface area contributed by atoms with Crippen LogP contribution in [0.5, 0.6) is 0 Å². The fourth-order valence-electron chi connectivity index (χ4n) is 22.8. The first-order valence-corrected chi connectivity index (χ1v) is 55.4. The van der Waals surface area contributed by atoms with E-state index in [1.807, 2.05) is 56.7 Å². The van der Waals surface area contributed by atoms with E-state index in [1.165, 1.54) is 185 Å². The van der Waals surface area contributed by atoms with Crippen LogP contribution in [0.4, 0.5) is 34.9 Å². The van der Waals surface area contributed by atoms with Crippen LogP contribution in [0, 0.1) is 54.3 Å². The van der Waals surface area contributed by atoms with Crippen LogP contribution in [0.2, 0.25) is 0 Å². The summed E-state index contributed by atoms with van der Waals surface area (Å²) in [4.78, 5) is 99.8. The molecule has 12 N–H and O–H groups in total. The van der Waals surface area contributed by atoms with Crippen LogP contribution in [0.1, 0.15) is 272 Å². The average Bonchev–Trinajstić information content (AvgIpc) is 1.58. The number of primary amides is 2. The summed E-state index contributed by atoms with van der Waals surface area (Å²) in [5.74, 6) is 8.15. The number of thiophene rings is 6. The van der Waals surface area contributed by atoms with Crippen molar-refractivity contribution in [3.63, 3.8) is 0 Å². The zero-order valence-electron chi connectivity index (χ0n) is 81.1. The first-order valence-electron chi connectivity index (χ1n) is 50.5. The molecule has 3 atom stereocenters. The molecule has 12 aromatic heterocycles. The zero-order valence-corrected chi connectivity index (χ0v) is 86.0. The third kappa shape index (κ3) is 22.5. The molecular formula is C103H142N22O4S6. The molecule has 9 aliphatic carbocycles. The van der Waals surface area contributed by atoms with E-state index in [4.69, 9.17) is 17.2 Å². The van der Waals surface area contributed by atoms with Crippen molar-refractivity contribution in [3.05, 3.63) is 101 Å². The van der Waals surface area contributed by atoms with Gasteiger partial charge in [0.2, 0.25) is 11.8 Å². The number of rotatable bonds is 13. The molecule has 23 rings (SSSR count). The van der Waals surface area contributed by atoms with Crippen molar-refractivity contribution in [3.8, 4) is 0 Å². The van der Waals surface area contributed by atoms with Crippen LogP contribution < -0.4 is 48.3 Å². The van der Waals surface area contributed by atoms with Crippen molar-refractivity contribution < 1.29 is 19.8 Å². The molecule has 6 fully saturated rings. The molecule has 724 valence electrons. The van der Waals surface area contributed by atoms with E-state index in [0.717, 1.165) is 249 Å². The fraction of sp³-hybridized carbons (Fsp3) is 0.631. The van der Waals surface area contributed by atoms with Crippen LogP contribution in [0.25, 0.3) is 61.3 Å². The highest BCUT2D eigenvalue weighted by Crippen LogP contribution is 2.50. The lowest BCUT2D eigenvalue weighted by atomic mass is 9.76. The first kappa shape index (κ1) is 97.1. The number of carbonyl (C=O) groups excluding carboxylic acids is 2. The van der Waals surface area contributed by atoms with E-state index in [2.05, 4.69) is 172 Å².